The molecular weight excluding hydrogens is 397 g/mol. The molecule has 1 atom stereocenters. The highest BCUT2D eigenvalue weighted by Gasteiger charge is 2.25. The molecule has 1 amide bonds. The van der Waals surface area contributed by atoms with Crippen molar-refractivity contribution < 1.29 is 9.18 Å². The number of carbonyl (C=O) groups excluding carboxylic acids is 1. The Morgan fingerprint density at radius 2 is 1.97 bits per heavy atom. The van der Waals surface area contributed by atoms with Gasteiger partial charge in [-0.15, -0.1) is 11.3 Å². The van der Waals surface area contributed by atoms with Crippen molar-refractivity contribution in [1.82, 2.24) is 14.9 Å². The molecule has 2 aromatic heterocycles. The predicted octanol–water partition coefficient (Wildman–Crippen LogP) is 4.91. The number of carbonyl (C=O) groups is 1. The van der Waals surface area contributed by atoms with E-state index in [1.165, 1.54) is 45.0 Å². The number of aromatic nitrogens is 2. The van der Waals surface area contributed by atoms with Crippen molar-refractivity contribution in [2.45, 2.75) is 18.9 Å². The number of nitrogens with one attached hydrogen (secondary N) is 1. The molecule has 0 radical (unpaired) electrons. The van der Waals surface area contributed by atoms with E-state index >= 15 is 0 Å². The van der Waals surface area contributed by atoms with Gasteiger partial charge in [0.15, 0.2) is 0 Å². The molecule has 30 heavy (non-hydrogen) atoms. The fourth-order valence-corrected chi connectivity index (χ4v) is 5.20. The first-order chi connectivity index (χ1) is 14.6. The number of fused-ring (bicyclic) bond motifs is 3. The first-order valence-corrected chi connectivity index (χ1v) is 10.7. The molecule has 1 N–H and O–H groups in total. The van der Waals surface area contributed by atoms with E-state index in [2.05, 4.69) is 28.5 Å². The van der Waals surface area contributed by atoms with Gasteiger partial charge >= 0.3 is 0 Å². The summed E-state index contributed by atoms with van der Waals surface area (Å²) < 4.78 is 15.7. The largest absolute Gasteiger partial charge is 0.337 e. The number of benzene rings is 2. The second-order valence-corrected chi connectivity index (χ2v) is 8.53. The summed E-state index contributed by atoms with van der Waals surface area (Å²) in [4.78, 5) is 19.4. The van der Waals surface area contributed by atoms with Gasteiger partial charge in [-0.05, 0) is 53.3 Å². The van der Waals surface area contributed by atoms with Crippen LogP contribution in [0.2, 0.25) is 0 Å². The van der Waals surface area contributed by atoms with Crippen LogP contribution >= 0.6 is 11.3 Å². The second-order valence-electron chi connectivity index (χ2n) is 7.48. The first kappa shape index (κ1) is 18.8. The summed E-state index contributed by atoms with van der Waals surface area (Å²) in [5.74, 6) is 0.133. The van der Waals surface area contributed by atoms with Gasteiger partial charge in [-0.3, -0.25) is 4.79 Å². The van der Waals surface area contributed by atoms with Gasteiger partial charge in [-0.25, -0.2) is 9.37 Å². The normalized spacial score (nSPS) is 13.4. The van der Waals surface area contributed by atoms with Gasteiger partial charge in [0.1, 0.15) is 17.7 Å². The molecule has 0 fully saturated rings. The molecule has 0 aliphatic heterocycles. The highest BCUT2D eigenvalue weighted by atomic mass is 32.1. The van der Waals surface area contributed by atoms with Crippen LogP contribution < -0.4 is 5.32 Å². The summed E-state index contributed by atoms with van der Waals surface area (Å²) in [5, 5.41) is 3.07. The minimum absolute atomic E-state index is 0.177. The number of amides is 1. The van der Waals surface area contributed by atoms with E-state index in [1.54, 1.807) is 18.3 Å². The Bertz CT molecular complexity index is 1240. The van der Waals surface area contributed by atoms with Gasteiger partial charge in [-0.2, -0.15) is 0 Å². The standard InChI is InChI=1S/C24H20FN3OS/c1-28-12-11-26-23(28)21(16-6-4-7-18(25)13-16)27-24(29)20-14-17-10-9-15-5-2-3-8-19(15)22(17)30-20/h2-8,11-14,21H,9-10H2,1H3,(H,27,29). The summed E-state index contributed by atoms with van der Waals surface area (Å²) >= 11 is 1.51. The number of thiophene rings is 1. The Balaban J connectivity index is 1.49. The Hall–Kier alpha value is -3.25. The van der Waals surface area contributed by atoms with Crippen molar-refractivity contribution >= 4 is 17.2 Å². The van der Waals surface area contributed by atoms with Gasteiger partial charge < -0.3 is 9.88 Å². The van der Waals surface area contributed by atoms with Crippen LogP contribution in [0.5, 0.6) is 0 Å². The number of imidazole rings is 1. The van der Waals surface area contributed by atoms with Gasteiger partial charge in [0.2, 0.25) is 0 Å². The molecule has 5 rings (SSSR count). The maximum Gasteiger partial charge on any atom is 0.262 e. The van der Waals surface area contributed by atoms with Crippen molar-refractivity contribution in [2.75, 3.05) is 0 Å². The third kappa shape index (κ3) is 3.33. The summed E-state index contributed by atoms with van der Waals surface area (Å²) in [7, 11) is 1.86. The van der Waals surface area contributed by atoms with Gasteiger partial charge in [-0.1, -0.05) is 36.4 Å². The average molecular weight is 418 g/mol. The molecule has 1 aliphatic rings. The lowest BCUT2D eigenvalue weighted by Crippen LogP contribution is -2.30. The third-order valence-electron chi connectivity index (χ3n) is 5.53. The average Bonchev–Trinajstić information content (AvgIpc) is 3.38. The molecule has 1 aliphatic carbocycles. The molecule has 6 heteroatoms. The SMILES string of the molecule is Cn1ccnc1C(NC(=O)c1cc2c(s1)-c1ccccc1CC2)c1cccc(F)c1. The molecule has 150 valence electrons. The highest BCUT2D eigenvalue weighted by Crippen LogP contribution is 2.39. The Kier molecular flexibility index (Phi) is 4.71. The fourth-order valence-electron chi connectivity index (χ4n) is 4.02. The summed E-state index contributed by atoms with van der Waals surface area (Å²) in [6.07, 6.45) is 5.41. The van der Waals surface area contributed by atoms with Crippen LogP contribution in [0, 0.1) is 5.82 Å². The summed E-state index contributed by atoms with van der Waals surface area (Å²) in [5.41, 5.74) is 4.41. The van der Waals surface area contributed by atoms with Crippen molar-refractivity contribution in [3.8, 4) is 10.4 Å². The molecule has 0 spiro atoms. The Labute approximate surface area is 178 Å². The van der Waals surface area contributed by atoms with Gasteiger partial charge in [0.25, 0.3) is 5.91 Å². The van der Waals surface area contributed by atoms with Crippen LogP contribution in [0.4, 0.5) is 4.39 Å². The molecule has 4 aromatic rings. The smallest absolute Gasteiger partial charge is 0.262 e. The van der Waals surface area contributed by atoms with E-state index < -0.39 is 6.04 Å². The lowest BCUT2D eigenvalue weighted by Gasteiger charge is -2.19. The van der Waals surface area contributed by atoms with Crippen LogP contribution in [-0.4, -0.2) is 15.5 Å². The van der Waals surface area contributed by atoms with Crippen LogP contribution in [0.15, 0.2) is 67.0 Å². The topological polar surface area (TPSA) is 46.9 Å². The van der Waals surface area contributed by atoms with Crippen molar-refractivity contribution in [1.29, 1.82) is 0 Å². The van der Waals surface area contributed by atoms with Crippen LogP contribution in [0.25, 0.3) is 10.4 Å². The van der Waals surface area contributed by atoms with Crippen LogP contribution in [0.1, 0.15) is 38.2 Å². The lowest BCUT2D eigenvalue weighted by atomic mass is 9.91. The highest BCUT2D eigenvalue weighted by molar-refractivity contribution is 7.17. The zero-order valence-corrected chi connectivity index (χ0v) is 17.2. The maximum atomic E-state index is 13.9. The number of aryl methyl sites for hydroxylation is 3. The monoisotopic (exact) mass is 417 g/mol. The molecule has 0 saturated heterocycles. The number of nitrogens with zero attached hydrogens (tertiary/aromatic N) is 2. The molecule has 2 heterocycles. The predicted molar refractivity (Wildman–Crippen MR) is 116 cm³/mol. The quantitative estimate of drug-likeness (QED) is 0.513. The second kappa shape index (κ2) is 7.54. The molecule has 0 bridgehead atoms. The molecular formula is C24H20FN3OS. The summed E-state index contributed by atoms with van der Waals surface area (Å²) in [6, 6.07) is 16.1. The molecule has 1 unspecified atom stereocenters. The first-order valence-electron chi connectivity index (χ1n) is 9.84. The zero-order valence-electron chi connectivity index (χ0n) is 16.4. The van der Waals surface area contributed by atoms with Gasteiger partial charge in [0, 0.05) is 24.3 Å². The maximum absolute atomic E-state index is 13.9. The number of rotatable bonds is 4. The minimum atomic E-state index is -0.542. The van der Waals surface area contributed by atoms with Crippen LogP contribution in [0.3, 0.4) is 0 Å². The van der Waals surface area contributed by atoms with E-state index in [0.717, 1.165) is 12.8 Å². The number of hydrogen-bond donors (Lipinski definition) is 1. The summed E-state index contributed by atoms with van der Waals surface area (Å²) in [6.45, 7) is 0. The number of hydrogen-bond acceptors (Lipinski definition) is 3. The lowest BCUT2D eigenvalue weighted by molar-refractivity contribution is 0.0945. The van der Waals surface area contributed by atoms with E-state index in [0.29, 0.717) is 16.3 Å². The molecule has 0 saturated carbocycles. The van der Waals surface area contributed by atoms with Gasteiger partial charge in [0.05, 0.1) is 4.88 Å². The molecule has 4 nitrogen and oxygen atoms in total. The fraction of sp³-hybridized carbons (Fsp3) is 0.167. The Morgan fingerprint density at radius 1 is 1.13 bits per heavy atom. The zero-order chi connectivity index (χ0) is 20.7. The van der Waals surface area contributed by atoms with Crippen LogP contribution in [-0.2, 0) is 19.9 Å². The van der Waals surface area contributed by atoms with E-state index in [1.807, 2.05) is 29.9 Å². The van der Waals surface area contributed by atoms with E-state index in [9.17, 15) is 9.18 Å². The molecule has 2 aromatic carbocycles. The number of halogens is 1. The van der Waals surface area contributed by atoms with Crippen molar-refractivity contribution in [2.24, 2.45) is 7.05 Å². The van der Waals surface area contributed by atoms with Crippen molar-refractivity contribution in [3.05, 3.63) is 100 Å². The minimum Gasteiger partial charge on any atom is -0.337 e. The van der Waals surface area contributed by atoms with Crippen molar-refractivity contribution in [3.63, 3.8) is 0 Å². The third-order valence-corrected chi connectivity index (χ3v) is 6.74. The Morgan fingerprint density at radius 3 is 2.77 bits per heavy atom. The van der Waals surface area contributed by atoms with E-state index in [-0.39, 0.29) is 11.7 Å². The van der Waals surface area contributed by atoms with E-state index in [4.69, 9.17) is 0 Å².